The summed E-state index contributed by atoms with van der Waals surface area (Å²) in [6, 6.07) is 2.03. The lowest BCUT2D eigenvalue weighted by molar-refractivity contribution is 0.0523. The molecule has 1 atom stereocenters. The Hall–Kier alpha value is -1.70. The first-order chi connectivity index (χ1) is 11.8. The molecular formula is C17H28N4O3S. The molecule has 2 rings (SSSR count). The lowest BCUT2D eigenvalue weighted by Gasteiger charge is -2.37. The Morgan fingerprint density at radius 3 is 2.80 bits per heavy atom. The van der Waals surface area contributed by atoms with E-state index in [0.717, 1.165) is 31.6 Å². The Labute approximate surface area is 153 Å². The maximum absolute atomic E-state index is 11.9. The number of piperidine rings is 1. The Morgan fingerprint density at radius 1 is 1.40 bits per heavy atom. The van der Waals surface area contributed by atoms with Crippen LogP contribution in [0.4, 0.5) is 10.6 Å². The summed E-state index contributed by atoms with van der Waals surface area (Å²) in [5.41, 5.74) is -0.496. The third kappa shape index (κ3) is 5.95. The van der Waals surface area contributed by atoms with Gasteiger partial charge < -0.3 is 19.7 Å². The van der Waals surface area contributed by atoms with Crippen LogP contribution in [0, 0.1) is 0 Å². The van der Waals surface area contributed by atoms with E-state index >= 15 is 0 Å². The van der Waals surface area contributed by atoms with Crippen molar-refractivity contribution in [1.82, 2.24) is 15.3 Å². The number of hydrogen-bond acceptors (Lipinski definition) is 7. The molecule has 8 heteroatoms. The SMILES string of the molecule is COc1cc(N2CCCCC2CNC(=O)OC(C)(C)C)nc(SC)n1. The number of hydrogen-bond donors (Lipinski definition) is 1. The van der Waals surface area contributed by atoms with Crippen molar-refractivity contribution in [3.63, 3.8) is 0 Å². The van der Waals surface area contributed by atoms with E-state index in [1.165, 1.54) is 11.8 Å². The van der Waals surface area contributed by atoms with Gasteiger partial charge in [0.2, 0.25) is 5.88 Å². The molecule has 2 heterocycles. The molecule has 1 unspecified atom stereocenters. The number of anilines is 1. The first-order valence-corrected chi connectivity index (χ1v) is 9.75. The Morgan fingerprint density at radius 2 is 2.16 bits per heavy atom. The zero-order valence-corrected chi connectivity index (χ0v) is 16.5. The molecule has 0 bridgehead atoms. The minimum atomic E-state index is -0.496. The van der Waals surface area contributed by atoms with Crippen LogP contribution in [0.2, 0.25) is 0 Å². The summed E-state index contributed by atoms with van der Waals surface area (Å²) < 4.78 is 10.6. The smallest absolute Gasteiger partial charge is 0.407 e. The highest BCUT2D eigenvalue weighted by atomic mass is 32.2. The number of aromatic nitrogens is 2. The van der Waals surface area contributed by atoms with E-state index in [-0.39, 0.29) is 12.1 Å². The van der Waals surface area contributed by atoms with E-state index in [0.29, 0.717) is 17.6 Å². The normalized spacial score (nSPS) is 18.0. The van der Waals surface area contributed by atoms with E-state index in [1.54, 1.807) is 7.11 Å². The second-order valence-electron chi connectivity index (χ2n) is 6.98. The van der Waals surface area contributed by atoms with Gasteiger partial charge >= 0.3 is 6.09 Å². The summed E-state index contributed by atoms with van der Waals surface area (Å²) >= 11 is 1.48. The molecule has 0 radical (unpaired) electrons. The summed E-state index contributed by atoms with van der Waals surface area (Å²) in [5.74, 6) is 1.39. The first-order valence-electron chi connectivity index (χ1n) is 8.53. The quantitative estimate of drug-likeness (QED) is 0.632. The number of alkyl carbamates (subject to hydrolysis) is 1. The standard InChI is InChI=1S/C17H28N4O3S/c1-17(2,3)24-16(22)18-11-12-8-6-7-9-21(12)13-10-14(23-4)20-15(19-13)25-5/h10,12H,6-9,11H2,1-5H3,(H,18,22). The van der Waals surface area contributed by atoms with Gasteiger partial charge in [0.05, 0.1) is 7.11 Å². The molecular weight excluding hydrogens is 340 g/mol. The minimum Gasteiger partial charge on any atom is -0.481 e. The summed E-state index contributed by atoms with van der Waals surface area (Å²) in [6.07, 6.45) is 4.79. The lowest BCUT2D eigenvalue weighted by atomic mass is 10.0. The van der Waals surface area contributed by atoms with Crippen molar-refractivity contribution in [2.24, 2.45) is 0 Å². The molecule has 0 saturated carbocycles. The van der Waals surface area contributed by atoms with Crippen molar-refractivity contribution in [2.45, 2.75) is 56.8 Å². The molecule has 7 nitrogen and oxygen atoms in total. The molecule has 25 heavy (non-hydrogen) atoms. The number of ether oxygens (including phenoxy) is 2. The molecule has 1 aromatic rings. The first kappa shape index (κ1) is 19.6. The predicted octanol–water partition coefficient (Wildman–Crippen LogP) is 3.09. The van der Waals surface area contributed by atoms with Gasteiger partial charge in [0, 0.05) is 25.2 Å². The van der Waals surface area contributed by atoms with Crippen LogP contribution in [0.5, 0.6) is 5.88 Å². The fraction of sp³-hybridized carbons (Fsp3) is 0.706. The number of amides is 1. The summed E-state index contributed by atoms with van der Waals surface area (Å²) in [7, 11) is 1.61. The van der Waals surface area contributed by atoms with Gasteiger partial charge in [-0.25, -0.2) is 9.78 Å². The summed E-state index contributed by atoms with van der Waals surface area (Å²) in [6.45, 7) is 6.99. The van der Waals surface area contributed by atoms with Gasteiger partial charge in [0.1, 0.15) is 11.4 Å². The highest BCUT2D eigenvalue weighted by molar-refractivity contribution is 7.98. The molecule has 0 aromatic carbocycles. The van der Waals surface area contributed by atoms with Gasteiger partial charge in [-0.05, 0) is 46.3 Å². The molecule has 1 amide bonds. The maximum atomic E-state index is 11.9. The minimum absolute atomic E-state index is 0.176. The number of carbonyl (C=O) groups excluding carboxylic acids is 1. The van der Waals surface area contributed by atoms with Crippen molar-refractivity contribution in [1.29, 1.82) is 0 Å². The van der Waals surface area contributed by atoms with Crippen LogP contribution in [-0.4, -0.2) is 54.2 Å². The summed E-state index contributed by atoms with van der Waals surface area (Å²) in [5, 5.41) is 3.56. The van der Waals surface area contributed by atoms with Crippen LogP contribution in [0.1, 0.15) is 40.0 Å². The molecule has 1 aromatic heterocycles. The fourth-order valence-corrected chi connectivity index (χ4v) is 3.13. The molecule has 1 N–H and O–H groups in total. The van der Waals surface area contributed by atoms with Gasteiger partial charge in [-0.15, -0.1) is 0 Å². The summed E-state index contributed by atoms with van der Waals surface area (Å²) in [4.78, 5) is 23.1. The molecule has 0 spiro atoms. The average molecular weight is 369 g/mol. The highest BCUT2D eigenvalue weighted by Gasteiger charge is 2.26. The monoisotopic (exact) mass is 368 g/mol. The number of carbonyl (C=O) groups is 1. The van der Waals surface area contributed by atoms with Crippen LogP contribution in [0.15, 0.2) is 11.2 Å². The number of nitrogens with one attached hydrogen (secondary N) is 1. The van der Waals surface area contributed by atoms with Crippen molar-refractivity contribution in [2.75, 3.05) is 31.4 Å². The molecule has 1 aliphatic heterocycles. The number of methoxy groups -OCH3 is 1. The number of nitrogens with zero attached hydrogens (tertiary/aromatic N) is 3. The molecule has 0 aliphatic carbocycles. The van der Waals surface area contributed by atoms with E-state index in [9.17, 15) is 4.79 Å². The van der Waals surface area contributed by atoms with Crippen molar-refractivity contribution >= 4 is 23.7 Å². The van der Waals surface area contributed by atoms with E-state index in [1.807, 2.05) is 33.1 Å². The van der Waals surface area contributed by atoms with Crippen molar-refractivity contribution < 1.29 is 14.3 Å². The second-order valence-corrected chi connectivity index (χ2v) is 7.75. The van der Waals surface area contributed by atoms with Gasteiger partial charge in [-0.1, -0.05) is 11.8 Å². The second kappa shape index (κ2) is 8.60. The van der Waals surface area contributed by atoms with E-state index in [2.05, 4.69) is 20.2 Å². The number of thioether (sulfide) groups is 1. The predicted molar refractivity (Wildman–Crippen MR) is 99.6 cm³/mol. The maximum Gasteiger partial charge on any atom is 0.407 e. The topological polar surface area (TPSA) is 76.6 Å². The van der Waals surface area contributed by atoms with Crippen LogP contribution >= 0.6 is 11.8 Å². The van der Waals surface area contributed by atoms with E-state index < -0.39 is 5.60 Å². The third-order valence-corrected chi connectivity index (χ3v) is 4.41. The van der Waals surface area contributed by atoms with E-state index in [4.69, 9.17) is 9.47 Å². The average Bonchev–Trinajstić information content (AvgIpc) is 2.58. The van der Waals surface area contributed by atoms with Crippen LogP contribution in [0.25, 0.3) is 0 Å². The molecule has 1 saturated heterocycles. The zero-order valence-electron chi connectivity index (χ0n) is 15.7. The molecule has 140 valence electrons. The zero-order chi connectivity index (χ0) is 18.4. The highest BCUT2D eigenvalue weighted by Crippen LogP contribution is 2.27. The third-order valence-electron chi connectivity index (χ3n) is 3.86. The molecule has 1 aliphatic rings. The van der Waals surface area contributed by atoms with Crippen molar-refractivity contribution in [3.05, 3.63) is 6.07 Å². The van der Waals surface area contributed by atoms with Gasteiger partial charge in [0.25, 0.3) is 0 Å². The van der Waals surface area contributed by atoms with Crippen LogP contribution in [0.3, 0.4) is 0 Å². The Balaban J connectivity index is 2.09. The Kier molecular flexibility index (Phi) is 6.75. The Bertz CT molecular complexity index is 569. The molecule has 1 fully saturated rings. The number of rotatable bonds is 5. The van der Waals surface area contributed by atoms with Crippen LogP contribution < -0.4 is 15.0 Å². The fourth-order valence-electron chi connectivity index (χ4n) is 2.76. The van der Waals surface area contributed by atoms with Crippen molar-refractivity contribution in [3.8, 4) is 5.88 Å². The van der Waals surface area contributed by atoms with Gasteiger partial charge in [-0.2, -0.15) is 4.98 Å². The largest absolute Gasteiger partial charge is 0.481 e. The van der Waals surface area contributed by atoms with Gasteiger partial charge in [-0.3, -0.25) is 0 Å². The lowest BCUT2D eigenvalue weighted by Crippen LogP contribution is -2.48. The van der Waals surface area contributed by atoms with Gasteiger partial charge in [0.15, 0.2) is 5.16 Å². The van der Waals surface area contributed by atoms with Crippen LogP contribution in [-0.2, 0) is 4.74 Å².